The van der Waals surface area contributed by atoms with Crippen LogP contribution in [0.1, 0.15) is 284 Å². The second-order valence-corrected chi connectivity index (χ2v) is 26.7. The summed E-state index contributed by atoms with van der Waals surface area (Å²) in [6.07, 6.45) is 40.9. The molecule has 3 saturated heterocycles. The Morgan fingerprint density at radius 1 is 0.376 bits per heavy atom. The molecule has 0 aromatic carbocycles. The van der Waals surface area contributed by atoms with Crippen molar-refractivity contribution >= 4 is 5.91 Å². The molecule has 0 aliphatic carbocycles. The lowest BCUT2D eigenvalue weighted by Crippen LogP contribution is -2.66. The van der Waals surface area contributed by atoms with E-state index < -0.39 is 124 Å². The second kappa shape index (κ2) is 55.6. The van der Waals surface area contributed by atoms with E-state index in [0.29, 0.717) is 12.8 Å². The molecular weight excluding hydrogens is 1190 g/mol. The van der Waals surface area contributed by atoms with Crippen LogP contribution in [-0.4, -0.2) is 193 Å². The fourth-order valence-electron chi connectivity index (χ4n) is 12.5. The van der Waals surface area contributed by atoms with Crippen LogP contribution in [0.3, 0.4) is 0 Å². The van der Waals surface area contributed by atoms with E-state index in [1.807, 2.05) is 6.08 Å². The number of carbonyl (C=O) groups is 1. The van der Waals surface area contributed by atoms with Gasteiger partial charge >= 0.3 is 0 Å². The second-order valence-electron chi connectivity index (χ2n) is 26.7. The molecule has 0 bridgehead atoms. The summed E-state index contributed by atoms with van der Waals surface area (Å²) in [6.45, 7) is 1.74. The van der Waals surface area contributed by atoms with E-state index in [0.717, 1.165) is 44.9 Å². The van der Waals surface area contributed by atoms with Gasteiger partial charge in [-0.05, 0) is 70.6 Å². The minimum atomic E-state index is -1.98. The van der Waals surface area contributed by atoms with Crippen molar-refractivity contribution in [3.8, 4) is 0 Å². The van der Waals surface area contributed by atoms with Gasteiger partial charge in [0.25, 0.3) is 0 Å². The Hall–Kier alpha value is -2.25. The number of aliphatic hydroxyl groups is 11. The number of carbonyl (C=O) groups excluding carboxylic acids is 1. The highest BCUT2D eigenvalue weighted by Crippen LogP contribution is 2.33. The van der Waals surface area contributed by atoms with E-state index >= 15 is 0 Å². The maximum atomic E-state index is 13.4. The van der Waals surface area contributed by atoms with Crippen LogP contribution in [0.5, 0.6) is 0 Å². The molecule has 0 radical (unpaired) electrons. The maximum absolute atomic E-state index is 13.4. The molecule has 0 saturated carbocycles. The van der Waals surface area contributed by atoms with Crippen molar-refractivity contribution in [1.82, 2.24) is 5.32 Å². The van der Waals surface area contributed by atoms with Gasteiger partial charge < -0.3 is 89.9 Å². The first-order chi connectivity index (χ1) is 45.3. The van der Waals surface area contributed by atoms with Crippen LogP contribution in [0.2, 0.25) is 0 Å². The van der Waals surface area contributed by atoms with Gasteiger partial charge in [-0.15, -0.1) is 0 Å². The van der Waals surface area contributed by atoms with Gasteiger partial charge in [-0.2, -0.15) is 0 Å². The smallest absolute Gasteiger partial charge is 0.220 e. The van der Waals surface area contributed by atoms with E-state index in [1.165, 1.54) is 205 Å². The fraction of sp³-hybridized carbons (Fsp3) is 0.878. The minimum Gasteiger partial charge on any atom is -0.394 e. The van der Waals surface area contributed by atoms with E-state index in [9.17, 15) is 61.0 Å². The maximum Gasteiger partial charge on any atom is 0.220 e. The van der Waals surface area contributed by atoms with E-state index in [4.69, 9.17) is 28.4 Å². The number of allylic oxidation sites excluding steroid dienone is 7. The highest BCUT2D eigenvalue weighted by Gasteiger charge is 2.53. The number of rotatable bonds is 58. The van der Waals surface area contributed by atoms with Crippen LogP contribution >= 0.6 is 0 Å². The summed E-state index contributed by atoms with van der Waals surface area (Å²) in [6, 6.07) is -0.998. The number of aliphatic hydroxyl groups excluding tert-OH is 11. The predicted octanol–water partition coefficient (Wildman–Crippen LogP) is 10.9. The molecule has 0 spiro atoms. The average molecular weight is 1330 g/mol. The first-order valence-electron chi connectivity index (χ1n) is 37.4. The highest BCUT2D eigenvalue weighted by molar-refractivity contribution is 5.76. The molecule has 1 amide bonds. The summed E-state index contributed by atoms with van der Waals surface area (Å²) in [4.78, 5) is 13.4. The Bertz CT molecular complexity index is 1870. The molecule has 3 aliphatic rings. The molecule has 3 aliphatic heterocycles. The SMILES string of the molecule is CCCCCCCCCC/C=C\CCCCCCCCCCCCCCCC(=O)NC(COC1OC(CO)C(OC2OC(CO)C(OC3OC(CO)C(O)C(O)C3O)C(O)C2O)C(O)C1O)C(O)/C=C/CC/C=C/CC/C=C/CCCCCCCCCCCCCCC. The van der Waals surface area contributed by atoms with E-state index in [-0.39, 0.29) is 18.9 Å². The first-order valence-corrected chi connectivity index (χ1v) is 37.4. The Morgan fingerprint density at radius 3 is 1.08 bits per heavy atom. The van der Waals surface area contributed by atoms with Gasteiger partial charge in [0.2, 0.25) is 5.91 Å². The zero-order valence-electron chi connectivity index (χ0n) is 57.7. The summed E-state index contributed by atoms with van der Waals surface area (Å²) in [5, 5.41) is 121. The first kappa shape index (κ1) is 85.0. The number of amides is 1. The van der Waals surface area contributed by atoms with Crippen molar-refractivity contribution in [3.63, 3.8) is 0 Å². The molecule has 0 aromatic rings. The van der Waals surface area contributed by atoms with Gasteiger partial charge in [0.15, 0.2) is 18.9 Å². The molecule has 17 atom stereocenters. The predicted molar refractivity (Wildman–Crippen MR) is 365 cm³/mol. The molecule has 19 nitrogen and oxygen atoms in total. The van der Waals surface area contributed by atoms with Gasteiger partial charge in [-0.3, -0.25) is 4.79 Å². The third-order valence-electron chi connectivity index (χ3n) is 18.6. The quantitative estimate of drug-likeness (QED) is 0.0199. The van der Waals surface area contributed by atoms with Crippen LogP contribution in [0.25, 0.3) is 0 Å². The van der Waals surface area contributed by atoms with E-state index in [2.05, 4.69) is 55.6 Å². The van der Waals surface area contributed by atoms with Crippen LogP contribution in [0, 0.1) is 0 Å². The van der Waals surface area contributed by atoms with E-state index in [1.54, 1.807) is 6.08 Å². The summed E-state index contributed by atoms with van der Waals surface area (Å²) in [7, 11) is 0. The Kier molecular flexibility index (Phi) is 50.8. The molecule has 0 aromatic heterocycles. The lowest BCUT2D eigenvalue weighted by atomic mass is 9.96. The van der Waals surface area contributed by atoms with Gasteiger partial charge in [0, 0.05) is 6.42 Å². The normalized spacial score (nSPS) is 27.8. The summed E-state index contributed by atoms with van der Waals surface area (Å²) < 4.78 is 34.4. The average Bonchev–Trinajstić information content (AvgIpc) is 0.819. The fourth-order valence-corrected chi connectivity index (χ4v) is 12.5. The molecule has 12 N–H and O–H groups in total. The van der Waals surface area contributed by atoms with Crippen molar-refractivity contribution in [2.75, 3.05) is 26.4 Å². The standard InChI is InChI=1S/C74H135NO18/c1-3-5-7-9-11-13-15-17-19-21-23-25-27-28-30-32-34-36-38-40-42-44-46-48-50-52-62(80)75-57(58(79)51-49-47-45-43-41-39-37-35-33-31-29-26-24-22-20-18-16-14-12-10-8-6-4-2)56-88-72-68(86)65(83)70(60(54-77)90-72)93-74-69(87)66(84)71(61(55-78)91-74)92-73-67(85)64(82)63(81)59(53-76)89-73/h21,23,33,35,41,43,49,51,57-61,63-74,76-79,81-87H,3-20,22,24-32,34,36-40,42,44-48,50,52-56H2,1-2H3,(H,75,80)/b23-21-,35-33+,43-41+,51-49+. The van der Waals surface area contributed by atoms with Crippen molar-refractivity contribution in [2.24, 2.45) is 0 Å². The summed E-state index contributed by atoms with van der Waals surface area (Å²) >= 11 is 0. The van der Waals surface area contributed by atoms with Crippen molar-refractivity contribution in [1.29, 1.82) is 0 Å². The van der Waals surface area contributed by atoms with Gasteiger partial charge in [-0.1, -0.05) is 255 Å². The molecule has 3 heterocycles. The molecule has 93 heavy (non-hydrogen) atoms. The van der Waals surface area contributed by atoms with Crippen LogP contribution < -0.4 is 5.32 Å². The topological polar surface area (TPSA) is 307 Å². The van der Waals surface area contributed by atoms with Crippen LogP contribution in [-0.2, 0) is 33.2 Å². The van der Waals surface area contributed by atoms with Crippen molar-refractivity contribution in [3.05, 3.63) is 48.6 Å². The molecule has 544 valence electrons. The lowest BCUT2D eigenvalue weighted by molar-refractivity contribution is -0.379. The third-order valence-corrected chi connectivity index (χ3v) is 18.6. The zero-order chi connectivity index (χ0) is 67.5. The summed E-state index contributed by atoms with van der Waals surface area (Å²) in [5.41, 5.74) is 0. The van der Waals surface area contributed by atoms with Crippen LogP contribution in [0.4, 0.5) is 0 Å². The number of hydrogen-bond donors (Lipinski definition) is 12. The molecular formula is C74H135NO18. The zero-order valence-corrected chi connectivity index (χ0v) is 57.7. The monoisotopic (exact) mass is 1330 g/mol. The lowest BCUT2D eigenvalue weighted by Gasteiger charge is -2.48. The number of hydrogen-bond acceptors (Lipinski definition) is 18. The van der Waals surface area contributed by atoms with Gasteiger partial charge in [-0.25, -0.2) is 0 Å². The Morgan fingerprint density at radius 2 is 0.688 bits per heavy atom. The highest BCUT2D eigenvalue weighted by atomic mass is 16.8. The van der Waals surface area contributed by atoms with Crippen molar-refractivity contribution < 1.29 is 89.4 Å². The molecule has 3 rings (SSSR count). The number of unbranched alkanes of at least 4 members (excludes halogenated alkanes) is 36. The van der Waals surface area contributed by atoms with Gasteiger partial charge in [0.1, 0.15) is 73.2 Å². The summed E-state index contributed by atoms with van der Waals surface area (Å²) in [5.74, 6) is -0.287. The Labute approximate surface area is 561 Å². The molecule has 3 fully saturated rings. The largest absolute Gasteiger partial charge is 0.394 e. The number of nitrogens with one attached hydrogen (secondary N) is 1. The number of ether oxygens (including phenoxy) is 6. The Balaban J connectivity index is 1.43. The third kappa shape index (κ3) is 37.0. The minimum absolute atomic E-state index is 0.233. The van der Waals surface area contributed by atoms with Crippen molar-refractivity contribution in [2.45, 2.75) is 388 Å². The van der Waals surface area contributed by atoms with Crippen LogP contribution in [0.15, 0.2) is 48.6 Å². The van der Waals surface area contributed by atoms with Gasteiger partial charge in [0.05, 0.1) is 38.6 Å². The molecule has 19 heteroatoms. The molecule has 17 unspecified atom stereocenters.